The van der Waals surface area contributed by atoms with E-state index in [4.69, 9.17) is 4.98 Å². The average Bonchev–Trinajstić information content (AvgIpc) is 3.46. The zero-order valence-electron chi connectivity index (χ0n) is 17.4. The van der Waals surface area contributed by atoms with E-state index in [9.17, 15) is 4.79 Å². The Morgan fingerprint density at radius 3 is 2.80 bits per heavy atom. The molecule has 0 aliphatic carbocycles. The van der Waals surface area contributed by atoms with Crippen molar-refractivity contribution in [3.63, 3.8) is 0 Å². The third-order valence-electron chi connectivity index (χ3n) is 5.90. The number of anilines is 1. The molecule has 1 fully saturated rings. The van der Waals surface area contributed by atoms with Crippen LogP contribution in [0.2, 0.25) is 0 Å². The van der Waals surface area contributed by atoms with E-state index >= 15 is 0 Å². The van der Waals surface area contributed by atoms with Gasteiger partial charge in [-0.1, -0.05) is 6.07 Å². The number of rotatable bonds is 4. The predicted octanol–water partition coefficient (Wildman–Crippen LogP) is 1.73. The summed E-state index contributed by atoms with van der Waals surface area (Å²) >= 11 is 0. The Morgan fingerprint density at radius 2 is 2.00 bits per heavy atom. The summed E-state index contributed by atoms with van der Waals surface area (Å²) in [7, 11) is 1.79. The second kappa shape index (κ2) is 7.55. The van der Waals surface area contributed by atoms with Gasteiger partial charge in [0.25, 0.3) is 5.91 Å². The topological polar surface area (TPSA) is 93.8 Å². The zero-order valence-corrected chi connectivity index (χ0v) is 17.4. The van der Waals surface area contributed by atoms with Crippen molar-refractivity contribution < 1.29 is 4.79 Å². The van der Waals surface area contributed by atoms with Crippen LogP contribution in [0.3, 0.4) is 0 Å². The Labute approximate surface area is 175 Å². The van der Waals surface area contributed by atoms with Crippen molar-refractivity contribution in [3.05, 3.63) is 41.6 Å². The maximum atomic E-state index is 13.1. The molecule has 0 radical (unpaired) electrons. The van der Waals surface area contributed by atoms with E-state index in [2.05, 4.69) is 25.4 Å². The summed E-state index contributed by atoms with van der Waals surface area (Å²) in [6.07, 6.45) is 5.62. The highest BCUT2D eigenvalue weighted by Crippen LogP contribution is 2.23. The van der Waals surface area contributed by atoms with Gasteiger partial charge in [0.15, 0.2) is 0 Å². The van der Waals surface area contributed by atoms with Crippen LogP contribution in [0.4, 0.5) is 5.95 Å². The molecule has 3 aromatic rings. The summed E-state index contributed by atoms with van der Waals surface area (Å²) in [4.78, 5) is 24.7. The molecule has 2 aliphatic rings. The molecule has 5 heterocycles. The van der Waals surface area contributed by atoms with E-state index in [0.29, 0.717) is 12.1 Å². The maximum Gasteiger partial charge on any atom is 0.270 e. The number of fused-ring (bicyclic) bond motifs is 1. The highest BCUT2D eigenvalue weighted by Gasteiger charge is 2.28. The van der Waals surface area contributed by atoms with E-state index < -0.39 is 0 Å². The molecule has 1 unspecified atom stereocenters. The predicted molar refractivity (Wildman–Crippen MR) is 112 cm³/mol. The molecule has 3 aromatic heterocycles. The molecule has 1 saturated heterocycles. The fourth-order valence-corrected chi connectivity index (χ4v) is 4.31. The number of pyridine rings is 1. The fraction of sp³-hybridized carbons (Fsp3) is 0.476. The number of nitrogens with one attached hydrogen (secondary N) is 1. The standard InChI is InChI=1S/C21H26N8O/c1-14-6-5-7-17(23-14)16-13-22-27(2)19(16)20(30)24-15-8-11-29-18(12-15)25-21(26-29)28-9-3-4-10-28/h5-7,13,15H,3-4,8-12H2,1-2H3,(H,24,30). The molecular weight excluding hydrogens is 380 g/mol. The number of aryl methyl sites for hydroxylation is 3. The van der Waals surface area contributed by atoms with E-state index in [1.807, 2.05) is 29.8 Å². The molecular formula is C21H26N8O. The number of carbonyl (C=O) groups is 1. The SMILES string of the molecule is Cc1cccc(-c2cnn(C)c2C(=O)NC2CCn3nc(N4CCCC4)nc3C2)n1. The van der Waals surface area contributed by atoms with Crippen LogP contribution in [0.25, 0.3) is 11.3 Å². The van der Waals surface area contributed by atoms with Crippen molar-refractivity contribution in [2.75, 3.05) is 18.0 Å². The van der Waals surface area contributed by atoms with Crippen molar-refractivity contribution in [1.82, 2.24) is 34.8 Å². The van der Waals surface area contributed by atoms with Gasteiger partial charge < -0.3 is 10.2 Å². The number of hydrogen-bond acceptors (Lipinski definition) is 6. The fourth-order valence-electron chi connectivity index (χ4n) is 4.31. The minimum atomic E-state index is -0.133. The highest BCUT2D eigenvalue weighted by molar-refractivity contribution is 5.99. The van der Waals surface area contributed by atoms with Crippen molar-refractivity contribution in [3.8, 4) is 11.3 Å². The second-order valence-electron chi connectivity index (χ2n) is 8.10. The largest absolute Gasteiger partial charge is 0.347 e. The minimum absolute atomic E-state index is 0.0221. The first-order valence-corrected chi connectivity index (χ1v) is 10.5. The van der Waals surface area contributed by atoms with Gasteiger partial charge in [0.2, 0.25) is 5.95 Å². The summed E-state index contributed by atoms with van der Waals surface area (Å²) in [6.45, 7) is 4.76. The Bertz CT molecular complexity index is 1080. The summed E-state index contributed by atoms with van der Waals surface area (Å²) < 4.78 is 3.61. The minimum Gasteiger partial charge on any atom is -0.347 e. The van der Waals surface area contributed by atoms with Crippen LogP contribution in [0.5, 0.6) is 0 Å². The molecule has 0 saturated carbocycles. The molecule has 5 rings (SSSR count). The molecule has 30 heavy (non-hydrogen) atoms. The van der Waals surface area contributed by atoms with Crippen LogP contribution in [-0.4, -0.2) is 54.6 Å². The Kier molecular flexibility index (Phi) is 4.72. The van der Waals surface area contributed by atoms with Gasteiger partial charge >= 0.3 is 0 Å². The van der Waals surface area contributed by atoms with Gasteiger partial charge in [-0.15, -0.1) is 5.10 Å². The van der Waals surface area contributed by atoms with Crippen LogP contribution in [-0.2, 0) is 20.0 Å². The van der Waals surface area contributed by atoms with Crippen LogP contribution >= 0.6 is 0 Å². The highest BCUT2D eigenvalue weighted by atomic mass is 16.2. The summed E-state index contributed by atoms with van der Waals surface area (Å²) in [6, 6.07) is 5.81. The van der Waals surface area contributed by atoms with Crippen LogP contribution < -0.4 is 10.2 Å². The monoisotopic (exact) mass is 406 g/mol. The second-order valence-corrected chi connectivity index (χ2v) is 8.10. The van der Waals surface area contributed by atoms with Gasteiger partial charge in [-0.25, -0.2) is 4.68 Å². The lowest BCUT2D eigenvalue weighted by Crippen LogP contribution is -2.41. The maximum absolute atomic E-state index is 13.1. The zero-order chi connectivity index (χ0) is 20.7. The van der Waals surface area contributed by atoms with Gasteiger partial charge in [0, 0.05) is 44.8 Å². The molecule has 9 nitrogen and oxygen atoms in total. The lowest BCUT2D eigenvalue weighted by atomic mass is 10.1. The molecule has 156 valence electrons. The number of carbonyl (C=O) groups excluding carboxylic acids is 1. The quantitative estimate of drug-likeness (QED) is 0.709. The van der Waals surface area contributed by atoms with Gasteiger partial charge in [0.05, 0.1) is 17.5 Å². The van der Waals surface area contributed by atoms with E-state index in [1.165, 1.54) is 12.8 Å². The van der Waals surface area contributed by atoms with Crippen molar-refractivity contribution in [2.45, 2.75) is 45.2 Å². The Balaban J connectivity index is 1.33. The average molecular weight is 406 g/mol. The number of amides is 1. The molecule has 2 aliphatic heterocycles. The molecule has 1 amide bonds. The van der Waals surface area contributed by atoms with Crippen molar-refractivity contribution >= 4 is 11.9 Å². The summed E-state index contributed by atoms with van der Waals surface area (Å²) in [5.74, 6) is 1.64. The van der Waals surface area contributed by atoms with Gasteiger partial charge in [-0.2, -0.15) is 10.1 Å². The first-order chi connectivity index (χ1) is 14.6. The molecule has 1 atom stereocenters. The van der Waals surface area contributed by atoms with E-state index in [1.54, 1.807) is 17.9 Å². The number of aromatic nitrogens is 6. The molecule has 9 heteroatoms. The summed E-state index contributed by atoms with van der Waals surface area (Å²) in [5, 5.41) is 12.2. The van der Waals surface area contributed by atoms with Gasteiger partial charge in [-0.3, -0.25) is 14.5 Å². The molecule has 0 bridgehead atoms. The first-order valence-electron chi connectivity index (χ1n) is 10.5. The van der Waals surface area contributed by atoms with E-state index in [-0.39, 0.29) is 11.9 Å². The number of nitrogens with zero attached hydrogens (tertiary/aromatic N) is 7. The van der Waals surface area contributed by atoms with E-state index in [0.717, 1.165) is 54.8 Å². The smallest absolute Gasteiger partial charge is 0.270 e. The lowest BCUT2D eigenvalue weighted by Gasteiger charge is -2.23. The number of hydrogen-bond donors (Lipinski definition) is 1. The molecule has 1 N–H and O–H groups in total. The van der Waals surface area contributed by atoms with Gasteiger partial charge in [0.1, 0.15) is 11.5 Å². The Hall–Kier alpha value is -3.23. The first kappa shape index (κ1) is 18.8. The molecule has 0 aromatic carbocycles. The third kappa shape index (κ3) is 3.44. The van der Waals surface area contributed by atoms with Crippen LogP contribution in [0.15, 0.2) is 24.4 Å². The van der Waals surface area contributed by atoms with Crippen molar-refractivity contribution in [1.29, 1.82) is 0 Å². The van der Waals surface area contributed by atoms with Gasteiger partial charge in [-0.05, 0) is 38.3 Å². The Morgan fingerprint density at radius 1 is 1.17 bits per heavy atom. The van der Waals surface area contributed by atoms with Crippen molar-refractivity contribution in [2.24, 2.45) is 7.05 Å². The molecule has 0 spiro atoms. The summed E-state index contributed by atoms with van der Waals surface area (Å²) in [5.41, 5.74) is 2.93. The third-order valence-corrected chi connectivity index (χ3v) is 5.90. The lowest BCUT2D eigenvalue weighted by molar-refractivity contribution is 0.0921. The van der Waals surface area contributed by atoms with Crippen LogP contribution in [0.1, 0.15) is 41.3 Å². The normalized spacial score (nSPS) is 18.5. The van der Waals surface area contributed by atoms with Crippen LogP contribution in [0, 0.1) is 6.92 Å².